The maximum atomic E-state index is 13.8. The molecule has 3 atom stereocenters. The molecule has 1 aliphatic rings. The van der Waals surface area contributed by atoms with E-state index in [1.54, 1.807) is 11.8 Å². The normalized spacial score (nSPS) is 17.0. The predicted molar refractivity (Wildman–Crippen MR) is 171 cm³/mol. The van der Waals surface area contributed by atoms with Crippen molar-refractivity contribution in [1.82, 2.24) is 15.1 Å². The summed E-state index contributed by atoms with van der Waals surface area (Å²) in [6, 6.07) is 25.4. The van der Waals surface area contributed by atoms with Crippen LogP contribution in [0.2, 0.25) is 0 Å². The second kappa shape index (κ2) is 14.3. The Bertz CT molecular complexity index is 1440. The van der Waals surface area contributed by atoms with Crippen LogP contribution in [0.4, 0.5) is 4.79 Å². The summed E-state index contributed by atoms with van der Waals surface area (Å²) in [6.07, 6.45) is -0.279. The van der Waals surface area contributed by atoms with Crippen LogP contribution in [0.15, 0.2) is 84.9 Å². The summed E-state index contributed by atoms with van der Waals surface area (Å²) in [5, 5.41) is 13.2. The minimum Gasteiger partial charge on any atom is -0.465 e. The summed E-state index contributed by atoms with van der Waals surface area (Å²) in [5.74, 6) is -1.86. The third kappa shape index (κ3) is 7.92. The van der Waals surface area contributed by atoms with Gasteiger partial charge in [0.1, 0.15) is 12.2 Å². The predicted octanol–water partition coefficient (Wildman–Crippen LogP) is 6.47. The van der Waals surface area contributed by atoms with Gasteiger partial charge in [0.25, 0.3) is 5.91 Å². The summed E-state index contributed by atoms with van der Waals surface area (Å²) < 4.78 is 0. The lowest BCUT2D eigenvalue weighted by Crippen LogP contribution is -2.58. The summed E-state index contributed by atoms with van der Waals surface area (Å²) in [7, 11) is 0. The van der Waals surface area contributed by atoms with Crippen LogP contribution in [0, 0.1) is 5.41 Å². The summed E-state index contributed by atoms with van der Waals surface area (Å²) in [5.41, 5.74) is 3.38. The molecule has 0 radical (unpaired) electrons. The van der Waals surface area contributed by atoms with Gasteiger partial charge in [-0.15, -0.1) is 0 Å². The molecule has 44 heavy (non-hydrogen) atoms. The first kappa shape index (κ1) is 32.5. The van der Waals surface area contributed by atoms with E-state index in [1.165, 1.54) is 0 Å². The van der Waals surface area contributed by atoms with E-state index in [1.807, 2.05) is 106 Å². The molecule has 1 fully saturated rings. The molecule has 1 heterocycles. The molecular weight excluding hydrogens is 554 g/mol. The number of rotatable bonds is 12. The van der Waals surface area contributed by atoms with E-state index in [9.17, 15) is 24.3 Å². The number of nitrogens with one attached hydrogen (secondary N) is 1. The average molecular weight is 598 g/mol. The smallest absolute Gasteiger partial charge is 0.409 e. The number of carbonyl (C=O) groups is 4. The highest BCUT2D eigenvalue weighted by Crippen LogP contribution is 2.37. The lowest BCUT2D eigenvalue weighted by atomic mass is 9.91. The number of hydrogen-bond acceptors (Lipinski definition) is 4. The summed E-state index contributed by atoms with van der Waals surface area (Å²) >= 11 is 0. The first-order valence-electron chi connectivity index (χ1n) is 15.4. The largest absolute Gasteiger partial charge is 0.465 e. The first-order chi connectivity index (χ1) is 21.0. The fourth-order valence-corrected chi connectivity index (χ4v) is 5.97. The number of unbranched alkanes of at least 4 members (excludes halogenated alkanes) is 1. The van der Waals surface area contributed by atoms with E-state index in [4.69, 9.17) is 0 Å². The van der Waals surface area contributed by atoms with E-state index in [0.717, 1.165) is 33.6 Å². The van der Waals surface area contributed by atoms with Gasteiger partial charge in [-0.25, -0.2) is 4.79 Å². The highest BCUT2D eigenvalue weighted by Gasteiger charge is 2.48. The monoisotopic (exact) mass is 597 g/mol. The Morgan fingerprint density at radius 1 is 0.932 bits per heavy atom. The molecule has 2 N–H and O–H groups in total. The summed E-state index contributed by atoms with van der Waals surface area (Å²) in [6.45, 7) is 8.04. The number of amides is 3. The number of Topliss-reactive ketones (excluding diaryl/α,β-unsaturated/α-hetero) is 1. The fourth-order valence-electron chi connectivity index (χ4n) is 5.97. The van der Waals surface area contributed by atoms with Crippen molar-refractivity contribution in [2.45, 2.75) is 78.0 Å². The number of carbonyl (C=O) groups excluding carboxylic acids is 3. The maximum absolute atomic E-state index is 13.8. The van der Waals surface area contributed by atoms with Crippen molar-refractivity contribution in [3.8, 4) is 11.1 Å². The molecule has 0 bridgehead atoms. The third-order valence-electron chi connectivity index (χ3n) is 8.31. The van der Waals surface area contributed by atoms with Gasteiger partial charge in [0.05, 0.1) is 12.5 Å². The van der Waals surface area contributed by atoms with Crippen molar-refractivity contribution in [2.24, 2.45) is 5.41 Å². The van der Waals surface area contributed by atoms with Gasteiger partial charge in [0, 0.05) is 6.54 Å². The standard InChI is InChI=1S/C36H43N3O5/c1-5-6-17-30(33(41)34(42)37-25(2)27-13-9-7-10-14-27)39(35(43)44)31-23-36(3,4)24-38(31)32(40)22-26-18-20-29(21-19-26)28-15-11-8-12-16-28/h7-16,18-21,25,30-31H,5-6,17,22-24H2,1-4H3,(H,37,42)(H,43,44)/t25?,30-,31?/m0/s1. The quantitative estimate of drug-likeness (QED) is 0.233. The Morgan fingerprint density at radius 3 is 2.11 bits per heavy atom. The van der Waals surface area contributed by atoms with Gasteiger partial charge in [-0.05, 0) is 47.4 Å². The van der Waals surface area contributed by atoms with Gasteiger partial charge >= 0.3 is 6.09 Å². The summed E-state index contributed by atoms with van der Waals surface area (Å²) in [4.78, 5) is 56.2. The minimum atomic E-state index is -1.32. The van der Waals surface area contributed by atoms with Crippen molar-refractivity contribution in [3.05, 3.63) is 96.1 Å². The van der Waals surface area contributed by atoms with E-state index < -0.39 is 36.0 Å². The molecule has 1 saturated heterocycles. The van der Waals surface area contributed by atoms with Crippen LogP contribution in [0.1, 0.15) is 70.5 Å². The van der Waals surface area contributed by atoms with Crippen molar-refractivity contribution < 1.29 is 24.3 Å². The van der Waals surface area contributed by atoms with Gasteiger partial charge in [-0.3, -0.25) is 19.3 Å². The number of carboxylic acid groups (broad SMARTS) is 1. The lowest BCUT2D eigenvalue weighted by molar-refractivity contribution is -0.144. The Morgan fingerprint density at radius 2 is 1.52 bits per heavy atom. The van der Waals surface area contributed by atoms with Gasteiger partial charge in [0.2, 0.25) is 11.7 Å². The molecule has 8 nitrogen and oxygen atoms in total. The van der Waals surface area contributed by atoms with Crippen LogP contribution in [0.3, 0.4) is 0 Å². The number of benzene rings is 3. The molecule has 3 aromatic carbocycles. The molecule has 0 saturated carbocycles. The van der Waals surface area contributed by atoms with Gasteiger partial charge in [-0.1, -0.05) is 119 Å². The first-order valence-corrected chi connectivity index (χ1v) is 15.4. The number of hydrogen-bond donors (Lipinski definition) is 2. The van der Waals surface area contributed by atoms with Crippen molar-refractivity contribution >= 4 is 23.7 Å². The molecule has 8 heteroatoms. The van der Waals surface area contributed by atoms with Crippen LogP contribution >= 0.6 is 0 Å². The Balaban J connectivity index is 1.56. The van der Waals surface area contributed by atoms with Crippen molar-refractivity contribution in [2.75, 3.05) is 6.54 Å². The second-order valence-corrected chi connectivity index (χ2v) is 12.4. The zero-order chi connectivity index (χ0) is 31.9. The Kier molecular flexibility index (Phi) is 10.6. The van der Waals surface area contributed by atoms with Crippen LogP contribution in [0.5, 0.6) is 0 Å². The topological polar surface area (TPSA) is 107 Å². The van der Waals surface area contributed by atoms with Gasteiger partial charge in [0.15, 0.2) is 0 Å². The molecule has 2 unspecified atom stereocenters. The zero-order valence-corrected chi connectivity index (χ0v) is 26.0. The number of ketones is 1. The van der Waals surface area contributed by atoms with Crippen LogP contribution in [-0.2, 0) is 20.8 Å². The SMILES string of the molecule is CCCC[C@@H](C(=O)C(=O)NC(C)c1ccccc1)N(C(=O)O)C1CC(C)(C)CN1C(=O)Cc1ccc(-c2ccccc2)cc1. The fraction of sp³-hybridized carbons (Fsp3) is 0.389. The molecule has 0 aliphatic carbocycles. The molecule has 3 amide bonds. The molecule has 1 aliphatic heterocycles. The Labute approximate surface area is 260 Å². The minimum absolute atomic E-state index is 0.0950. The highest BCUT2D eigenvalue weighted by molar-refractivity contribution is 6.38. The molecular formula is C36H43N3O5. The van der Waals surface area contributed by atoms with Crippen molar-refractivity contribution in [3.63, 3.8) is 0 Å². The molecule has 4 rings (SSSR count). The average Bonchev–Trinajstić information content (AvgIpc) is 3.34. The maximum Gasteiger partial charge on any atom is 0.409 e. The van der Waals surface area contributed by atoms with E-state index in [2.05, 4.69) is 5.32 Å². The van der Waals surface area contributed by atoms with Crippen molar-refractivity contribution in [1.29, 1.82) is 0 Å². The van der Waals surface area contributed by atoms with Crippen LogP contribution < -0.4 is 5.32 Å². The van der Waals surface area contributed by atoms with Crippen LogP contribution in [0.25, 0.3) is 11.1 Å². The third-order valence-corrected chi connectivity index (χ3v) is 8.31. The molecule has 3 aromatic rings. The van der Waals surface area contributed by atoms with Gasteiger partial charge in [-0.2, -0.15) is 0 Å². The second-order valence-electron chi connectivity index (χ2n) is 12.4. The Hall–Kier alpha value is -4.46. The molecule has 232 valence electrons. The van der Waals surface area contributed by atoms with Gasteiger partial charge < -0.3 is 15.3 Å². The molecule has 0 spiro atoms. The zero-order valence-electron chi connectivity index (χ0n) is 26.0. The van der Waals surface area contributed by atoms with E-state index in [-0.39, 0.29) is 24.2 Å². The van der Waals surface area contributed by atoms with E-state index in [0.29, 0.717) is 19.4 Å². The lowest BCUT2D eigenvalue weighted by Gasteiger charge is -2.38. The highest BCUT2D eigenvalue weighted by atomic mass is 16.4. The number of likely N-dealkylation sites (tertiary alicyclic amines) is 1. The number of nitrogens with zero attached hydrogens (tertiary/aromatic N) is 2. The molecule has 0 aromatic heterocycles. The van der Waals surface area contributed by atoms with Crippen LogP contribution in [-0.4, -0.2) is 57.3 Å². The van der Waals surface area contributed by atoms with E-state index >= 15 is 0 Å².